The fraction of sp³-hybridized carbons (Fsp3) is 0.158. The Bertz CT molecular complexity index is 1080. The summed E-state index contributed by atoms with van der Waals surface area (Å²) in [7, 11) is -3.70. The van der Waals surface area contributed by atoms with Crippen LogP contribution in [0.2, 0.25) is 0 Å². The van der Waals surface area contributed by atoms with E-state index in [0.717, 1.165) is 10.2 Å². The second-order valence-electron chi connectivity index (χ2n) is 5.62. The topological polar surface area (TPSA) is 85.4 Å². The van der Waals surface area contributed by atoms with Crippen LogP contribution in [-0.4, -0.2) is 25.9 Å². The van der Waals surface area contributed by atoms with Crippen molar-refractivity contribution in [3.63, 3.8) is 0 Å². The van der Waals surface area contributed by atoms with E-state index in [0.29, 0.717) is 5.01 Å². The predicted molar refractivity (Wildman–Crippen MR) is 104 cm³/mol. The molecule has 0 saturated heterocycles. The van der Waals surface area contributed by atoms with Crippen LogP contribution in [-0.2, 0) is 14.8 Å². The van der Waals surface area contributed by atoms with Gasteiger partial charge in [0.25, 0.3) is 0 Å². The van der Waals surface area contributed by atoms with Gasteiger partial charge in [-0.05, 0) is 43.3 Å². The zero-order chi connectivity index (χ0) is 19.4. The number of aromatic nitrogens is 1. The SMILES string of the molecule is C#CCNS(=O)(=O)c1ccc(C(=O)OC(C)c2nc3ccccc3s2)cc1. The second-order valence-corrected chi connectivity index (χ2v) is 8.45. The Hall–Kier alpha value is -2.73. The molecule has 3 rings (SSSR count). The number of rotatable bonds is 6. The van der Waals surface area contributed by atoms with Crippen LogP contribution in [0.3, 0.4) is 0 Å². The number of carbonyl (C=O) groups excluding carboxylic acids is 1. The molecule has 27 heavy (non-hydrogen) atoms. The Morgan fingerprint density at radius 2 is 1.96 bits per heavy atom. The number of nitrogens with one attached hydrogen (secondary N) is 1. The molecule has 1 unspecified atom stereocenters. The highest BCUT2D eigenvalue weighted by atomic mass is 32.2. The molecule has 0 aliphatic heterocycles. The number of terminal acetylenes is 1. The number of sulfonamides is 1. The van der Waals surface area contributed by atoms with Gasteiger partial charge in [0.2, 0.25) is 10.0 Å². The van der Waals surface area contributed by atoms with E-state index in [1.165, 1.54) is 35.6 Å². The Morgan fingerprint density at radius 3 is 2.63 bits per heavy atom. The lowest BCUT2D eigenvalue weighted by molar-refractivity contribution is 0.0337. The summed E-state index contributed by atoms with van der Waals surface area (Å²) in [5, 5.41) is 0.697. The van der Waals surface area contributed by atoms with Gasteiger partial charge in [-0.15, -0.1) is 17.8 Å². The van der Waals surface area contributed by atoms with Crippen molar-refractivity contribution in [2.75, 3.05) is 6.54 Å². The van der Waals surface area contributed by atoms with Gasteiger partial charge in [-0.2, -0.15) is 4.72 Å². The minimum absolute atomic E-state index is 0.0218. The summed E-state index contributed by atoms with van der Waals surface area (Å²) in [4.78, 5) is 16.8. The third-order valence-electron chi connectivity index (χ3n) is 3.71. The normalized spacial score (nSPS) is 12.4. The number of para-hydroxylation sites is 1. The molecule has 0 fully saturated rings. The molecule has 0 radical (unpaired) electrons. The van der Waals surface area contributed by atoms with Crippen molar-refractivity contribution < 1.29 is 17.9 Å². The molecule has 0 aliphatic rings. The van der Waals surface area contributed by atoms with Crippen LogP contribution in [0, 0.1) is 12.3 Å². The van der Waals surface area contributed by atoms with E-state index in [1.807, 2.05) is 24.3 Å². The molecule has 0 bridgehead atoms. The maximum Gasteiger partial charge on any atom is 0.338 e. The first-order valence-electron chi connectivity index (χ1n) is 8.00. The van der Waals surface area contributed by atoms with E-state index >= 15 is 0 Å². The summed E-state index contributed by atoms with van der Waals surface area (Å²) in [6, 6.07) is 13.1. The fourth-order valence-corrected chi connectivity index (χ4v) is 4.22. The summed E-state index contributed by atoms with van der Waals surface area (Å²) in [5.41, 5.74) is 1.10. The summed E-state index contributed by atoms with van der Waals surface area (Å²) in [6.45, 7) is 1.64. The van der Waals surface area contributed by atoms with Gasteiger partial charge in [-0.3, -0.25) is 0 Å². The molecule has 0 aliphatic carbocycles. The summed E-state index contributed by atoms with van der Waals surface area (Å²) >= 11 is 1.46. The Labute approximate surface area is 161 Å². The number of fused-ring (bicyclic) bond motifs is 1. The van der Waals surface area contributed by atoms with Gasteiger partial charge in [-0.1, -0.05) is 18.1 Å². The van der Waals surface area contributed by atoms with Crippen molar-refractivity contribution in [1.82, 2.24) is 9.71 Å². The molecular formula is C19H16N2O4S2. The third-order valence-corrected chi connectivity index (χ3v) is 6.32. The number of thiazole rings is 1. The smallest absolute Gasteiger partial charge is 0.338 e. The van der Waals surface area contributed by atoms with Crippen LogP contribution in [0.1, 0.15) is 28.4 Å². The Balaban J connectivity index is 1.71. The zero-order valence-corrected chi connectivity index (χ0v) is 16.0. The molecule has 138 valence electrons. The highest BCUT2D eigenvalue weighted by Crippen LogP contribution is 2.28. The van der Waals surface area contributed by atoms with Gasteiger partial charge >= 0.3 is 5.97 Å². The van der Waals surface area contributed by atoms with E-state index in [9.17, 15) is 13.2 Å². The van der Waals surface area contributed by atoms with Gasteiger partial charge in [0.05, 0.1) is 27.2 Å². The number of carbonyl (C=O) groups is 1. The van der Waals surface area contributed by atoms with Crippen LogP contribution < -0.4 is 4.72 Å². The summed E-state index contributed by atoms with van der Waals surface area (Å²) in [6.07, 6.45) is 4.54. The summed E-state index contributed by atoms with van der Waals surface area (Å²) in [5.74, 6) is 1.65. The van der Waals surface area contributed by atoms with Crippen molar-refractivity contribution in [2.45, 2.75) is 17.9 Å². The van der Waals surface area contributed by atoms with E-state index in [2.05, 4.69) is 15.6 Å². The summed E-state index contributed by atoms with van der Waals surface area (Å²) < 4.78 is 32.7. The molecular weight excluding hydrogens is 384 g/mol. The van der Waals surface area contributed by atoms with Crippen LogP contribution in [0.25, 0.3) is 10.2 Å². The number of hydrogen-bond donors (Lipinski definition) is 1. The quantitative estimate of drug-likeness (QED) is 0.508. The largest absolute Gasteiger partial charge is 0.452 e. The molecule has 0 spiro atoms. The van der Waals surface area contributed by atoms with Crippen LogP contribution in [0.4, 0.5) is 0 Å². The van der Waals surface area contributed by atoms with Crippen molar-refractivity contribution in [1.29, 1.82) is 0 Å². The lowest BCUT2D eigenvalue weighted by Gasteiger charge is -2.11. The Kier molecular flexibility index (Phi) is 5.56. The molecule has 1 atom stereocenters. The van der Waals surface area contributed by atoms with Gasteiger partial charge in [0, 0.05) is 0 Å². The van der Waals surface area contributed by atoms with E-state index in [4.69, 9.17) is 11.2 Å². The maximum absolute atomic E-state index is 12.3. The lowest BCUT2D eigenvalue weighted by Crippen LogP contribution is -2.23. The van der Waals surface area contributed by atoms with Gasteiger partial charge in [0.1, 0.15) is 5.01 Å². The van der Waals surface area contributed by atoms with Crippen LogP contribution in [0.15, 0.2) is 53.4 Å². The van der Waals surface area contributed by atoms with E-state index in [-0.39, 0.29) is 17.0 Å². The van der Waals surface area contributed by atoms with Gasteiger partial charge in [-0.25, -0.2) is 18.2 Å². The fourth-order valence-electron chi connectivity index (χ4n) is 2.33. The minimum atomic E-state index is -3.70. The number of nitrogens with zero attached hydrogens (tertiary/aromatic N) is 1. The number of esters is 1. The average Bonchev–Trinajstić information content (AvgIpc) is 3.11. The highest BCUT2D eigenvalue weighted by Gasteiger charge is 2.19. The molecule has 8 heteroatoms. The monoisotopic (exact) mass is 400 g/mol. The molecule has 1 heterocycles. The van der Waals surface area contributed by atoms with Gasteiger partial charge < -0.3 is 4.74 Å². The molecule has 0 amide bonds. The van der Waals surface area contributed by atoms with Crippen molar-refractivity contribution in [3.05, 3.63) is 59.1 Å². The first-order valence-corrected chi connectivity index (χ1v) is 10.3. The number of ether oxygens (including phenoxy) is 1. The second kappa shape index (κ2) is 7.88. The van der Waals surface area contributed by atoms with E-state index < -0.39 is 22.1 Å². The average molecular weight is 400 g/mol. The predicted octanol–water partition coefficient (Wildman–Crippen LogP) is 3.13. The standard InChI is InChI=1S/C19H16N2O4S2/c1-3-12-20-27(23,24)15-10-8-14(9-11-15)19(22)25-13(2)18-21-16-6-4-5-7-17(16)26-18/h1,4-11,13,20H,12H2,2H3. The zero-order valence-electron chi connectivity index (χ0n) is 14.4. The highest BCUT2D eigenvalue weighted by molar-refractivity contribution is 7.89. The maximum atomic E-state index is 12.3. The molecule has 2 aromatic carbocycles. The molecule has 1 N–H and O–H groups in total. The Morgan fingerprint density at radius 1 is 1.26 bits per heavy atom. The number of benzene rings is 2. The van der Waals surface area contributed by atoms with Gasteiger partial charge in [0.15, 0.2) is 6.10 Å². The number of hydrogen-bond acceptors (Lipinski definition) is 6. The molecule has 0 saturated carbocycles. The molecule has 3 aromatic rings. The first kappa shape index (κ1) is 19.0. The van der Waals surface area contributed by atoms with Crippen molar-refractivity contribution in [2.24, 2.45) is 0 Å². The van der Waals surface area contributed by atoms with Crippen LogP contribution >= 0.6 is 11.3 Å². The lowest BCUT2D eigenvalue weighted by atomic mass is 10.2. The van der Waals surface area contributed by atoms with Crippen LogP contribution in [0.5, 0.6) is 0 Å². The molecule has 6 nitrogen and oxygen atoms in total. The van der Waals surface area contributed by atoms with Crippen molar-refractivity contribution in [3.8, 4) is 12.3 Å². The first-order chi connectivity index (χ1) is 12.9. The minimum Gasteiger partial charge on any atom is -0.452 e. The van der Waals surface area contributed by atoms with Crippen molar-refractivity contribution >= 4 is 37.5 Å². The molecule has 1 aromatic heterocycles. The third kappa shape index (κ3) is 4.34. The van der Waals surface area contributed by atoms with E-state index in [1.54, 1.807) is 6.92 Å².